The first-order valence-electron chi connectivity index (χ1n) is 10.7. The summed E-state index contributed by atoms with van der Waals surface area (Å²) < 4.78 is 0. The van der Waals surface area contributed by atoms with Crippen molar-refractivity contribution in [2.45, 2.75) is 103 Å². The van der Waals surface area contributed by atoms with Crippen LogP contribution in [0.3, 0.4) is 0 Å². The minimum atomic E-state index is -0.308. The van der Waals surface area contributed by atoms with E-state index in [2.05, 4.69) is 0 Å². The van der Waals surface area contributed by atoms with E-state index >= 15 is 0 Å². The molecule has 0 heterocycles. The van der Waals surface area contributed by atoms with Gasteiger partial charge >= 0.3 is 0 Å². The molecule has 0 bridgehead atoms. The number of unbranched alkanes of at least 4 members (excludes halogenated alkanes) is 5. The third-order valence-corrected chi connectivity index (χ3v) is 5.98. The van der Waals surface area contributed by atoms with Crippen molar-refractivity contribution in [1.29, 1.82) is 0 Å². The number of hydrogen-bond acceptors (Lipinski definition) is 4. The first-order chi connectivity index (χ1) is 12.6. The lowest BCUT2D eigenvalue weighted by atomic mass is 9.83. The van der Waals surface area contributed by atoms with Crippen LogP contribution in [-0.4, -0.2) is 23.1 Å². The van der Waals surface area contributed by atoms with Crippen molar-refractivity contribution in [2.24, 2.45) is 11.8 Å². The van der Waals surface area contributed by atoms with Crippen molar-refractivity contribution in [3.63, 3.8) is 0 Å². The summed E-state index contributed by atoms with van der Waals surface area (Å²) in [5.41, 5.74) is 0. The Hall–Kier alpha value is -1.32. The van der Waals surface area contributed by atoms with Crippen LogP contribution in [0.5, 0.6) is 0 Å². The van der Waals surface area contributed by atoms with Gasteiger partial charge in [0.15, 0.2) is 0 Å². The zero-order valence-corrected chi connectivity index (χ0v) is 16.1. The smallest absolute Gasteiger partial charge is 0.143 e. The zero-order valence-electron chi connectivity index (χ0n) is 16.1. The lowest BCUT2D eigenvalue weighted by Gasteiger charge is -2.19. The first-order valence-corrected chi connectivity index (χ1v) is 10.7. The molecular weight excluding hydrogens is 328 g/mol. The fraction of sp³-hybridized carbons (Fsp3) is 0.818. The van der Waals surface area contributed by atoms with Crippen molar-refractivity contribution in [3.05, 3.63) is 0 Å². The molecule has 0 amide bonds. The number of rotatable bonds is 11. The lowest BCUT2D eigenvalue weighted by molar-refractivity contribution is -0.136. The van der Waals surface area contributed by atoms with Gasteiger partial charge < -0.3 is 0 Å². The lowest BCUT2D eigenvalue weighted by Crippen LogP contribution is -2.27. The Kier molecular flexibility index (Phi) is 9.21. The second kappa shape index (κ2) is 11.4. The third-order valence-electron chi connectivity index (χ3n) is 5.98. The van der Waals surface area contributed by atoms with Gasteiger partial charge in [-0.15, -0.1) is 0 Å². The van der Waals surface area contributed by atoms with Crippen LogP contribution < -0.4 is 0 Å². The van der Waals surface area contributed by atoms with Gasteiger partial charge in [0, 0.05) is 25.7 Å². The second-order valence-corrected chi connectivity index (χ2v) is 8.08. The molecule has 146 valence electrons. The summed E-state index contributed by atoms with van der Waals surface area (Å²) in [4.78, 5) is 47.7. The predicted octanol–water partition coefficient (Wildman–Crippen LogP) is 4.76. The Morgan fingerprint density at radius 1 is 0.615 bits per heavy atom. The molecule has 26 heavy (non-hydrogen) atoms. The van der Waals surface area contributed by atoms with Crippen LogP contribution in [0.1, 0.15) is 103 Å². The monoisotopic (exact) mass is 362 g/mol. The minimum absolute atomic E-state index is 0.150. The quantitative estimate of drug-likeness (QED) is 0.392. The summed E-state index contributed by atoms with van der Waals surface area (Å²) in [5.74, 6) is -0.00542. The van der Waals surface area contributed by atoms with Gasteiger partial charge in [-0.3, -0.25) is 19.2 Å². The Labute approximate surface area is 157 Å². The molecule has 0 aromatic heterocycles. The van der Waals surface area contributed by atoms with Crippen LogP contribution in [0.4, 0.5) is 0 Å². The molecule has 0 saturated heterocycles. The maximum Gasteiger partial charge on any atom is 0.143 e. The molecule has 2 aliphatic carbocycles. The fourth-order valence-corrected chi connectivity index (χ4v) is 4.30. The summed E-state index contributed by atoms with van der Waals surface area (Å²) in [6.07, 6.45) is 13.6. The van der Waals surface area contributed by atoms with E-state index in [0.717, 1.165) is 77.0 Å². The van der Waals surface area contributed by atoms with Crippen molar-refractivity contribution < 1.29 is 19.2 Å². The van der Waals surface area contributed by atoms with Gasteiger partial charge in [-0.1, -0.05) is 38.5 Å². The highest BCUT2D eigenvalue weighted by Crippen LogP contribution is 2.24. The average Bonchev–Trinajstić information content (AvgIpc) is 2.64. The number of carbonyl (C=O) groups is 4. The van der Waals surface area contributed by atoms with Gasteiger partial charge in [0.05, 0.1) is 11.8 Å². The van der Waals surface area contributed by atoms with Crippen LogP contribution in [0.15, 0.2) is 0 Å². The molecular formula is C22H34O4. The first kappa shape index (κ1) is 21.0. The van der Waals surface area contributed by atoms with Crippen molar-refractivity contribution in [1.82, 2.24) is 0 Å². The van der Waals surface area contributed by atoms with E-state index in [1.807, 2.05) is 0 Å². The molecule has 0 radical (unpaired) electrons. The summed E-state index contributed by atoms with van der Waals surface area (Å²) >= 11 is 0. The van der Waals surface area contributed by atoms with E-state index in [9.17, 15) is 19.2 Å². The molecule has 0 aliphatic heterocycles. The number of carbonyl (C=O) groups excluding carboxylic acids is 4. The van der Waals surface area contributed by atoms with Gasteiger partial charge in [0.1, 0.15) is 23.1 Å². The third kappa shape index (κ3) is 6.77. The number of hydrogen-bond donors (Lipinski definition) is 0. The predicted molar refractivity (Wildman–Crippen MR) is 101 cm³/mol. The standard InChI is InChI=1S/C22H34O4/c23-19(17-11-7-9-15-21(17)25)13-5-3-1-2-4-6-14-20(24)18-12-8-10-16-22(18)26/h17-18H,1-16H2/t17-,18-/m1/s1. The molecule has 2 rings (SSSR count). The molecule has 0 unspecified atom stereocenters. The van der Waals surface area contributed by atoms with E-state index < -0.39 is 0 Å². The molecule has 0 spiro atoms. The van der Waals surface area contributed by atoms with Gasteiger partial charge in [-0.2, -0.15) is 0 Å². The highest BCUT2D eigenvalue weighted by Gasteiger charge is 2.28. The van der Waals surface area contributed by atoms with E-state index in [1.165, 1.54) is 0 Å². The van der Waals surface area contributed by atoms with Crippen LogP contribution in [0.2, 0.25) is 0 Å². The summed E-state index contributed by atoms with van der Waals surface area (Å²) in [6.45, 7) is 0. The summed E-state index contributed by atoms with van der Waals surface area (Å²) in [7, 11) is 0. The van der Waals surface area contributed by atoms with E-state index in [4.69, 9.17) is 0 Å². The second-order valence-electron chi connectivity index (χ2n) is 8.08. The molecule has 2 atom stereocenters. The molecule has 0 N–H and O–H groups in total. The fourth-order valence-electron chi connectivity index (χ4n) is 4.30. The highest BCUT2D eigenvalue weighted by molar-refractivity contribution is 6.03. The molecule has 2 saturated carbocycles. The Morgan fingerprint density at radius 2 is 1.00 bits per heavy atom. The van der Waals surface area contributed by atoms with Crippen LogP contribution >= 0.6 is 0 Å². The normalized spacial score (nSPS) is 23.8. The molecule has 2 aliphatic rings. The summed E-state index contributed by atoms with van der Waals surface area (Å²) in [5, 5.41) is 0. The van der Waals surface area contributed by atoms with Crippen LogP contribution in [0.25, 0.3) is 0 Å². The largest absolute Gasteiger partial charge is 0.299 e. The molecule has 0 aromatic carbocycles. The van der Waals surface area contributed by atoms with Gasteiger partial charge in [0.2, 0.25) is 0 Å². The maximum atomic E-state index is 12.1. The average molecular weight is 363 g/mol. The van der Waals surface area contributed by atoms with E-state index in [-0.39, 0.29) is 35.0 Å². The van der Waals surface area contributed by atoms with Crippen LogP contribution in [-0.2, 0) is 19.2 Å². The van der Waals surface area contributed by atoms with E-state index in [0.29, 0.717) is 25.7 Å². The number of ketones is 4. The summed E-state index contributed by atoms with van der Waals surface area (Å²) in [6, 6.07) is 0. The molecule has 0 aromatic rings. The highest BCUT2D eigenvalue weighted by atomic mass is 16.2. The van der Waals surface area contributed by atoms with Crippen molar-refractivity contribution >= 4 is 23.1 Å². The van der Waals surface area contributed by atoms with Crippen molar-refractivity contribution in [3.8, 4) is 0 Å². The van der Waals surface area contributed by atoms with Crippen molar-refractivity contribution in [2.75, 3.05) is 0 Å². The molecule has 4 nitrogen and oxygen atoms in total. The Morgan fingerprint density at radius 3 is 1.38 bits per heavy atom. The molecule has 4 heteroatoms. The Balaban J connectivity index is 1.46. The Bertz CT molecular complexity index is 462. The zero-order chi connectivity index (χ0) is 18.8. The minimum Gasteiger partial charge on any atom is -0.299 e. The maximum absolute atomic E-state index is 12.1. The number of Topliss-reactive ketones (excluding diaryl/α,β-unsaturated/α-hetero) is 4. The SMILES string of the molecule is O=C(CCCCCCCCC(=O)[C@H]1CCCCC1=O)[C@H]1CCCCC1=O. The van der Waals surface area contributed by atoms with Gasteiger partial charge in [0.25, 0.3) is 0 Å². The van der Waals surface area contributed by atoms with Gasteiger partial charge in [-0.25, -0.2) is 0 Å². The topological polar surface area (TPSA) is 68.3 Å². The van der Waals surface area contributed by atoms with Gasteiger partial charge in [-0.05, 0) is 38.5 Å². The molecule has 2 fully saturated rings. The van der Waals surface area contributed by atoms with E-state index in [1.54, 1.807) is 0 Å². The van der Waals surface area contributed by atoms with Crippen LogP contribution in [0, 0.1) is 11.8 Å².